The molecule has 104 valence electrons. The summed E-state index contributed by atoms with van der Waals surface area (Å²) in [4.78, 5) is 23.1. The van der Waals surface area contributed by atoms with E-state index in [4.69, 9.17) is 5.11 Å². The number of hydrogen-bond acceptors (Lipinski definition) is 2. The maximum Gasteiger partial charge on any atom is 0.305 e. The molecule has 1 aromatic carbocycles. The molecule has 2 N–H and O–H groups in total. The minimum Gasteiger partial charge on any atom is -0.481 e. The average Bonchev–Trinajstić information content (AvgIpc) is 2.28. The van der Waals surface area contributed by atoms with E-state index < -0.39 is 11.5 Å². The van der Waals surface area contributed by atoms with Crippen molar-refractivity contribution in [3.05, 3.63) is 33.4 Å². The van der Waals surface area contributed by atoms with Crippen LogP contribution in [0.15, 0.2) is 24.3 Å². The Morgan fingerprint density at radius 3 is 2.26 bits per heavy atom. The van der Waals surface area contributed by atoms with Gasteiger partial charge in [0.05, 0.1) is 12.0 Å². The summed E-state index contributed by atoms with van der Waals surface area (Å²) in [6, 6.07) is 7.16. The van der Waals surface area contributed by atoms with Crippen LogP contribution in [0.4, 0.5) is 0 Å². The molecule has 1 rings (SSSR count). The SMILES string of the molecule is CC(C)C(C)(CC(=O)O)NC(=O)c1ccc(I)cc1. The van der Waals surface area contributed by atoms with Crippen LogP contribution in [0.5, 0.6) is 0 Å². The number of carboxylic acid groups (broad SMARTS) is 1. The average molecular weight is 375 g/mol. The van der Waals surface area contributed by atoms with Gasteiger partial charge in [0.15, 0.2) is 0 Å². The van der Waals surface area contributed by atoms with Gasteiger partial charge in [-0.25, -0.2) is 0 Å². The van der Waals surface area contributed by atoms with E-state index in [1.54, 1.807) is 19.1 Å². The van der Waals surface area contributed by atoms with Gasteiger partial charge in [0, 0.05) is 9.13 Å². The topological polar surface area (TPSA) is 66.4 Å². The van der Waals surface area contributed by atoms with Gasteiger partial charge in [-0.1, -0.05) is 13.8 Å². The summed E-state index contributed by atoms with van der Waals surface area (Å²) in [5, 5.41) is 11.8. The number of rotatable bonds is 5. The molecule has 0 fully saturated rings. The van der Waals surface area contributed by atoms with Crippen molar-refractivity contribution in [1.82, 2.24) is 5.32 Å². The van der Waals surface area contributed by atoms with Crippen molar-refractivity contribution in [2.45, 2.75) is 32.7 Å². The molecule has 0 aliphatic rings. The molecular weight excluding hydrogens is 357 g/mol. The number of halogens is 1. The van der Waals surface area contributed by atoms with Crippen LogP contribution >= 0.6 is 22.6 Å². The number of carboxylic acids is 1. The molecule has 0 spiro atoms. The number of hydrogen-bond donors (Lipinski definition) is 2. The molecule has 19 heavy (non-hydrogen) atoms. The van der Waals surface area contributed by atoms with Crippen molar-refractivity contribution in [2.75, 3.05) is 0 Å². The minimum absolute atomic E-state index is 0.0244. The molecule has 0 aliphatic heterocycles. The first-order chi connectivity index (χ1) is 8.74. The number of carbonyl (C=O) groups excluding carboxylic acids is 1. The second-order valence-electron chi connectivity index (χ2n) is 5.10. The molecule has 0 saturated heterocycles. The standard InChI is InChI=1S/C14H18INO3/c1-9(2)14(3,8-12(17)18)16-13(19)10-4-6-11(15)7-5-10/h4-7,9H,8H2,1-3H3,(H,16,19)(H,17,18). The van der Waals surface area contributed by atoms with Crippen molar-refractivity contribution in [2.24, 2.45) is 5.92 Å². The van der Waals surface area contributed by atoms with E-state index in [0.29, 0.717) is 5.56 Å². The normalized spacial score (nSPS) is 13.9. The van der Waals surface area contributed by atoms with E-state index in [9.17, 15) is 9.59 Å². The van der Waals surface area contributed by atoms with E-state index in [1.165, 1.54) is 0 Å². The number of nitrogens with one attached hydrogen (secondary N) is 1. The summed E-state index contributed by atoms with van der Waals surface area (Å²) in [7, 11) is 0. The zero-order valence-corrected chi connectivity index (χ0v) is 13.4. The Kier molecular flexibility index (Phi) is 5.34. The van der Waals surface area contributed by atoms with E-state index in [-0.39, 0.29) is 18.2 Å². The van der Waals surface area contributed by atoms with Crippen LogP contribution in [-0.2, 0) is 4.79 Å². The van der Waals surface area contributed by atoms with E-state index >= 15 is 0 Å². The van der Waals surface area contributed by atoms with Crippen LogP contribution in [0.25, 0.3) is 0 Å². The fourth-order valence-corrected chi connectivity index (χ4v) is 2.00. The predicted molar refractivity (Wildman–Crippen MR) is 82.1 cm³/mol. The van der Waals surface area contributed by atoms with Gasteiger partial charge < -0.3 is 10.4 Å². The molecule has 0 aromatic heterocycles. The van der Waals surface area contributed by atoms with Crippen molar-refractivity contribution < 1.29 is 14.7 Å². The van der Waals surface area contributed by atoms with Crippen LogP contribution in [0.2, 0.25) is 0 Å². The first-order valence-corrected chi connectivity index (χ1v) is 7.12. The maximum atomic E-state index is 12.2. The molecule has 1 amide bonds. The number of aliphatic carboxylic acids is 1. The first kappa shape index (κ1) is 15.9. The Bertz CT molecular complexity index is 470. The highest BCUT2D eigenvalue weighted by atomic mass is 127. The quantitative estimate of drug-likeness (QED) is 0.778. The van der Waals surface area contributed by atoms with Gasteiger partial charge in [0.1, 0.15) is 0 Å². The molecule has 5 heteroatoms. The lowest BCUT2D eigenvalue weighted by Gasteiger charge is -2.33. The Hall–Kier alpha value is -1.11. The second-order valence-corrected chi connectivity index (χ2v) is 6.35. The van der Waals surface area contributed by atoms with Crippen LogP contribution in [-0.4, -0.2) is 22.5 Å². The fourth-order valence-electron chi connectivity index (χ4n) is 1.64. The molecule has 0 bridgehead atoms. The zero-order chi connectivity index (χ0) is 14.6. The summed E-state index contributed by atoms with van der Waals surface area (Å²) in [5.41, 5.74) is -0.219. The van der Waals surface area contributed by atoms with Gasteiger partial charge in [-0.2, -0.15) is 0 Å². The third-order valence-corrected chi connectivity index (χ3v) is 4.02. The number of amides is 1. The minimum atomic E-state index is -0.917. The Morgan fingerprint density at radius 2 is 1.84 bits per heavy atom. The summed E-state index contributed by atoms with van der Waals surface area (Å²) in [6.45, 7) is 5.56. The van der Waals surface area contributed by atoms with E-state index in [1.807, 2.05) is 26.0 Å². The zero-order valence-electron chi connectivity index (χ0n) is 11.2. The second kappa shape index (κ2) is 6.36. The Labute approximate surface area is 126 Å². The molecule has 0 heterocycles. The summed E-state index contributed by atoms with van der Waals surface area (Å²) in [6.07, 6.45) is -0.0965. The number of benzene rings is 1. The molecule has 4 nitrogen and oxygen atoms in total. The van der Waals surface area contributed by atoms with Crippen LogP contribution < -0.4 is 5.32 Å². The predicted octanol–water partition coefficient (Wildman–Crippen LogP) is 2.91. The highest BCUT2D eigenvalue weighted by Crippen LogP contribution is 2.21. The highest BCUT2D eigenvalue weighted by Gasteiger charge is 2.33. The third-order valence-electron chi connectivity index (χ3n) is 3.30. The van der Waals surface area contributed by atoms with Crippen molar-refractivity contribution >= 4 is 34.5 Å². The van der Waals surface area contributed by atoms with Gasteiger partial charge >= 0.3 is 5.97 Å². The van der Waals surface area contributed by atoms with Crippen LogP contribution in [0, 0.1) is 9.49 Å². The summed E-state index contributed by atoms with van der Waals surface area (Å²) < 4.78 is 1.05. The molecular formula is C14H18INO3. The monoisotopic (exact) mass is 375 g/mol. The van der Waals surface area contributed by atoms with Crippen LogP contribution in [0.1, 0.15) is 37.6 Å². The van der Waals surface area contributed by atoms with Crippen LogP contribution in [0.3, 0.4) is 0 Å². The molecule has 0 aliphatic carbocycles. The fraction of sp³-hybridized carbons (Fsp3) is 0.429. The van der Waals surface area contributed by atoms with Gasteiger partial charge in [0.25, 0.3) is 5.91 Å². The largest absolute Gasteiger partial charge is 0.481 e. The summed E-state index contributed by atoms with van der Waals surface area (Å²) >= 11 is 2.17. The van der Waals surface area contributed by atoms with Crippen molar-refractivity contribution in [1.29, 1.82) is 0 Å². The summed E-state index contributed by atoms with van der Waals surface area (Å²) in [5.74, 6) is -1.13. The number of carbonyl (C=O) groups is 2. The van der Waals surface area contributed by atoms with E-state index in [2.05, 4.69) is 27.9 Å². The first-order valence-electron chi connectivity index (χ1n) is 6.04. The maximum absolute atomic E-state index is 12.2. The molecule has 1 unspecified atom stereocenters. The molecule has 0 radical (unpaired) electrons. The molecule has 1 aromatic rings. The Balaban J connectivity index is 2.88. The van der Waals surface area contributed by atoms with Crippen molar-refractivity contribution in [3.63, 3.8) is 0 Å². The Morgan fingerprint density at radius 1 is 1.32 bits per heavy atom. The highest BCUT2D eigenvalue weighted by molar-refractivity contribution is 14.1. The lowest BCUT2D eigenvalue weighted by molar-refractivity contribution is -0.138. The lowest BCUT2D eigenvalue weighted by Crippen LogP contribution is -2.51. The van der Waals surface area contributed by atoms with Crippen molar-refractivity contribution in [3.8, 4) is 0 Å². The lowest BCUT2D eigenvalue weighted by atomic mass is 9.85. The van der Waals surface area contributed by atoms with Gasteiger partial charge in [-0.15, -0.1) is 0 Å². The van der Waals surface area contributed by atoms with E-state index in [0.717, 1.165) is 3.57 Å². The molecule has 0 saturated carbocycles. The smallest absolute Gasteiger partial charge is 0.305 e. The molecule has 1 atom stereocenters. The third kappa shape index (κ3) is 4.49. The van der Waals surface area contributed by atoms with Gasteiger partial charge in [-0.3, -0.25) is 9.59 Å². The van der Waals surface area contributed by atoms with Gasteiger partial charge in [-0.05, 0) is 59.7 Å². The van der Waals surface area contributed by atoms with Gasteiger partial charge in [0.2, 0.25) is 0 Å².